The smallest absolute Gasteiger partial charge is 0.276 e. The molecule has 2 atom stereocenters. The van der Waals surface area contributed by atoms with Crippen molar-refractivity contribution in [3.8, 4) is 0 Å². The molecule has 46 heavy (non-hydrogen) atoms. The third-order valence-corrected chi connectivity index (χ3v) is 9.29. The minimum atomic E-state index is -1.24. The third-order valence-electron chi connectivity index (χ3n) is 7.85. The van der Waals surface area contributed by atoms with Crippen molar-refractivity contribution in [3.63, 3.8) is 0 Å². The van der Waals surface area contributed by atoms with Gasteiger partial charge in [-0.15, -0.1) is 0 Å². The molecule has 1 aliphatic heterocycles. The second-order valence-corrected chi connectivity index (χ2v) is 13.2. The van der Waals surface area contributed by atoms with Crippen LogP contribution < -0.4 is 26.8 Å². The zero-order chi connectivity index (χ0) is 31.9. The molecule has 4 N–H and O–H groups in total. The topological polar surface area (TPSA) is 135 Å². The van der Waals surface area contributed by atoms with Crippen molar-refractivity contribution in [1.29, 1.82) is 0 Å². The summed E-state index contributed by atoms with van der Waals surface area (Å²) >= 11 is -1.24. The van der Waals surface area contributed by atoms with Crippen molar-refractivity contribution in [2.45, 2.75) is 30.3 Å². The molecule has 0 radical (unpaired) electrons. The molecule has 0 saturated carbocycles. The van der Waals surface area contributed by atoms with Crippen LogP contribution in [0, 0.1) is 0 Å². The van der Waals surface area contributed by atoms with Gasteiger partial charge in [0.05, 0.1) is 18.4 Å². The largest absolute Gasteiger partial charge is 0.611 e. The van der Waals surface area contributed by atoms with Gasteiger partial charge in [-0.05, 0) is 93.2 Å². The molecule has 238 valence electrons. The number of aromatic nitrogens is 4. The van der Waals surface area contributed by atoms with E-state index >= 15 is 0 Å². The van der Waals surface area contributed by atoms with Crippen molar-refractivity contribution in [2.24, 2.45) is 0 Å². The van der Waals surface area contributed by atoms with Crippen LogP contribution in [0.3, 0.4) is 0 Å². The van der Waals surface area contributed by atoms with Crippen LogP contribution in [0.5, 0.6) is 0 Å². The fourth-order valence-electron chi connectivity index (χ4n) is 5.44. The minimum Gasteiger partial charge on any atom is -0.611 e. The minimum absolute atomic E-state index is 0.189. The zero-order valence-electron chi connectivity index (χ0n) is 26.1. The van der Waals surface area contributed by atoms with Crippen molar-refractivity contribution < 1.29 is 4.55 Å². The molecule has 0 spiro atoms. The van der Waals surface area contributed by atoms with Crippen LogP contribution in [0.1, 0.15) is 18.4 Å². The molecule has 0 amide bonds. The summed E-state index contributed by atoms with van der Waals surface area (Å²) in [6.45, 7) is 2.91. The predicted octanol–water partition coefficient (Wildman–Crippen LogP) is 4.56. The van der Waals surface area contributed by atoms with Crippen LogP contribution in [-0.2, 0) is 17.7 Å². The first kappa shape index (κ1) is 31.5. The van der Waals surface area contributed by atoms with Gasteiger partial charge in [-0.3, -0.25) is 14.3 Å². The Bertz CT molecular complexity index is 1810. The number of anilines is 5. The Hall–Kier alpha value is -4.49. The van der Waals surface area contributed by atoms with Gasteiger partial charge in [0.2, 0.25) is 5.95 Å². The molecule has 5 aromatic rings. The number of hydrogen-bond donors (Lipinski definition) is 4. The molecule has 2 unspecified atom stereocenters. The average Bonchev–Trinajstić information content (AvgIpc) is 3.08. The van der Waals surface area contributed by atoms with E-state index in [9.17, 15) is 9.35 Å². The number of fused-ring (bicyclic) bond motifs is 1. The van der Waals surface area contributed by atoms with Gasteiger partial charge in [-0.1, -0.05) is 18.2 Å². The lowest BCUT2D eigenvalue weighted by Gasteiger charge is -2.24. The first-order valence-corrected chi connectivity index (χ1v) is 16.8. The normalized spacial score (nSPS) is 15.5. The van der Waals surface area contributed by atoms with Crippen molar-refractivity contribution in [1.82, 2.24) is 29.7 Å². The maximum absolute atomic E-state index is 14.1. The highest BCUT2D eigenvalue weighted by Gasteiger charge is 2.20. The van der Waals surface area contributed by atoms with Gasteiger partial charge in [0.1, 0.15) is 17.1 Å². The standard InChI is InChI=1S/C34H39N9O2S/c1-42(2)17-18-46(45)31-10-4-3-7-24(31)23-43-32-25(19-30(33(43)44)39-29-9-6-16-36-22-29)20-37-34(41-32)40-27-13-11-26(12-14-27)38-28-8-5-15-35-21-28/h3-4,6-7,9-14,16,19-20,22,28,35,38-39H,5,8,15,17-18,21,23H2,1-2H3,(H,37,40,41). The van der Waals surface area contributed by atoms with Crippen LogP contribution in [-0.4, -0.2) is 74.5 Å². The first-order valence-electron chi connectivity index (χ1n) is 15.5. The Morgan fingerprint density at radius 1 is 1.02 bits per heavy atom. The van der Waals surface area contributed by atoms with E-state index in [0.29, 0.717) is 51.6 Å². The second-order valence-electron chi connectivity index (χ2n) is 11.6. The Labute approximate surface area is 271 Å². The molecule has 3 aromatic heterocycles. The highest BCUT2D eigenvalue weighted by Crippen LogP contribution is 2.24. The molecule has 0 bridgehead atoms. The number of rotatable bonds is 12. The molecule has 4 heterocycles. The highest BCUT2D eigenvalue weighted by atomic mass is 32.2. The van der Waals surface area contributed by atoms with Gasteiger partial charge in [0, 0.05) is 53.8 Å². The van der Waals surface area contributed by atoms with E-state index in [1.165, 1.54) is 6.42 Å². The van der Waals surface area contributed by atoms with Crippen LogP contribution in [0.4, 0.5) is 28.7 Å². The van der Waals surface area contributed by atoms with Gasteiger partial charge >= 0.3 is 0 Å². The molecule has 12 heteroatoms. The molecular formula is C34H39N9O2S. The van der Waals surface area contributed by atoms with E-state index in [2.05, 4.69) is 31.2 Å². The molecule has 1 saturated heterocycles. The summed E-state index contributed by atoms with van der Waals surface area (Å²) in [5.41, 5.74) is 3.95. The maximum atomic E-state index is 14.1. The van der Waals surface area contributed by atoms with Gasteiger partial charge in [-0.25, -0.2) is 4.98 Å². The zero-order valence-corrected chi connectivity index (χ0v) is 26.9. The van der Waals surface area contributed by atoms with Crippen molar-refractivity contribution in [2.75, 3.05) is 55.4 Å². The summed E-state index contributed by atoms with van der Waals surface area (Å²) in [5.74, 6) is 0.860. The van der Waals surface area contributed by atoms with Crippen LogP contribution in [0.25, 0.3) is 11.0 Å². The Morgan fingerprint density at radius 3 is 2.61 bits per heavy atom. The summed E-state index contributed by atoms with van der Waals surface area (Å²) in [4.78, 5) is 30.3. The molecule has 1 fully saturated rings. The number of nitrogens with one attached hydrogen (secondary N) is 4. The fraction of sp³-hybridized carbons (Fsp3) is 0.294. The molecule has 6 rings (SSSR count). The monoisotopic (exact) mass is 637 g/mol. The van der Waals surface area contributed by atoms with Crippen LogP contribution >= 0.6 is 0 Å². The summed E-state index contributed by atoms with van der Waals surface area (Å²) < 4.78 is 15.0. The quantitative estimate of drug-likeness (QED) is 0.144. The predicted molar refractivity (Wildman–Crippen MR) is 186 cm³/mol. The Morgan fingerprint density at radius 2 is 1.85 bits per heavy atom. The van der Waals surface area contributed by atoms with E-state index in [1.807, 2.05) is 73.6 Å². The summed E-state index contributed by atoms with van der Waals surface area (Å²) in [6, 6.07) is 21.4. The summed E-state index contributed by atoms with van der Waals surface area (Å²) in [7, 11) is 3.92. The first-order chi connectivity index (χ1) is 22.4. The highest BCUT2D eigenvalue weighted by molar-refractivity contribution is 7.91. The van der Waals surface area contributed by atoms with Crippen LogP contribution in [0.15, 0.2) is 95.0 Å². The Balaban J connectivity index is 1.32. The number of nitrogens with zero attached hydrogens (tertiary/aromatic N) is 5. The number of hydrogen-bond acceptors (Lipinski definition) is 10. The van der Waals surface area contributed by atoms with Gasteiger partial charge in [0.15, 0.2) is 4.90 Å². The van der Waals surface area contributed by atoms with Crippen molar-refractivity contribution in [3.05, 3.63) is 101 Å². The van der Waals surface area contributed by atoms with E-state index < -0.39 is 11.2 Å². The lowest BCUT2D eigenvalue weighted by atomic mass is 10.1. The Kier molecular flexibility index (Phi) is 10.1. The molecule has 0 aliphatic carbocycles. The molecule has 2 aromatic carbocycles. The summed E-state index contributed by atoms with van der Waals surface area (Å²) in [6.07, 6.45) is 7.37. The lowest BCUT2D eigenvalue weighted by molar-refractivity contribution is 0.432. The van der Waals surface area contributed by atoms with E-state index in [0.717, 1.165) is 36.4 Å². The fourth-order valence-corrected chi connectivity index (χ4v) is 6.85. The van der Waals surface area contributed by atoms with E-state index in [-0.39, 0.29) is 12.1 Å². The maximum Gasteiger partial charge on any atom is 0.276 e. The van der Waals surface area contributed by atoms with E-state index in [1.54, 1.807) is 35.3 Å². The van der Waals surface area contributed by atoms with Gasteiger partial charge in [0.25, 0.3) is 5.56 Å². The summed E-state index contributed by atoms with van der Waals surface area (Å²) in [5, 5.41) is 14.2. The second kappa shape index (κ2) is 14.7. The number of benzene rings is 2. The molecule has 1 aliphatic rings. The van der Waals surface area contributed by atoms with Gasteiger partial charge in [-0.2, -0.15) is 4.98 Å². The van der Waals surface area contributed by atoms with Gasteiger partial charge < -0.3 is 30.7 Å². The third kappa shape index (κ3) is 7.83. The van der Waals surface area contributed by atoms with Crippen molar-refractivity contribution >= 4 is 50.9 Å². The average molecular weight is 638 g/mol. The van der Waals surface area contributed by atoms with E-state index in [4.69, 9.17) is 4.98 Å². The molecular weight excluding hydrogens is 599 g/mol. The number of pyridine rings is 2. The SMILES string of the molecule is CN(C)CC[S+]([O-])c1ccccc1Cn1c(=O)c(Nc2cccnc2)cc2cnc(Nc3ccc(NC4CCCNC4)cc3)nc21. The number of piperidine rings is 1. The lowest BCUT2D eigenvalue weighted by Crippen LogP contribution is -2.38. The molecule has 11 nitrogen and oxygen atoms in total. The van der Waals surface area contributed by atoms with Crippen LogP contribution in [0.2, 0.25) is 0 Å².